The summed E-state index contributed by atoms with van der Waals surface area (Å²) in [5.41, 5.74) is 0. The summed E-state index contributed by atoms with van der Waals surface area (Å²) in [5, 5.41) is 48.7. The molecule has 0 aromatic carbocycles. The monoisotopic (exact) mass is 293 g/mol. The number of carbonyl (C=O) groups excluding carboxylic acids is 2. The maximum atomic E-state index is 11.5. The number of aliphatic hydroxyl groups excluding tert-OH is 5. The summed E-state index contributed by atoms with van der Waals surface area (Å²) in [6.07, 6.45) is -6.75. The van der Waals surface area contributed by atoms with Gasteiger partial charge >= 0.3 is 11.9 Å². The van der Waals surface area contributed by atoms with Crippen LogP contribution in [-0.4, -0.2) is 81.1 Å². The van der Waals surface area contributed by atoms with Crippen molar-refractivity contribution in [1.29, 1.82) is 0 Å². The Morgan fingerprint density at radius 3 is 2.35 bits per heavy atom. The van der Waals surface area contributed by atoms with Gasteiger partial charge in [-0.2, -0.15) is 0 Å². The molecule has 0 radical (unpaired) electrons. The average Bonchev–Trinajstić information content (AvgIpc) is 2.98. The highest BCUT2D eigenvalue weighted by Crippen LogP contribution is 2.10. The van der Waals surface area contributed by atoms with E-state index >= 15 is 0 Å². The van der Waals surface area contributed by atoms with E-state index in [1.54, 1.807) is 0 Å². The lowest BCUT2D eigenvalue weighted by Gasteiger charge is -2.24. The molecule has 0 unspecified atom stereocenters. The molecule has 0 aromatic rings. The van der Waals surface area contributed by atoms with Crippen LogP contribution in [0.25, 0.3) is 0 Å². The van der Waals surface area contributed by atoms with Crippen molar-refractivity contribution in [3.05, 3.63) is 0 Å². The van der Waals surface area contributed by atoms with Gasteiger partial charge in [0.1, 0.15) is 24.4 Å². The lowest BCUT2D eigenvalue weighted by Crippen LogP contribution is -2.50. The van der Waals surface area contributed by atoms with Gasteiger partial charge in [0, 0.05) is 0 Å². The van der Waals surface area contributed by atoms with Gasteiger partial charge in [0.05, 0.1) is 6.61 Å². The van der Waals surface area contributed by atoms with Crippen LogP contribution in [0.3, 0.4) is 0 Å². The van der Waals surface area contributed by atoms with Crippen molar-refractivity contribution >= 4 is 11.9 Å². The van der Waals surface area contributed by atoms with Crippen molar-refractivity contribution in [3.8, 4) is 0 Å². The molecule has 20 heavy (non-hydrogen) atoms. The lowest BCUT2D eigenvalue weighted by atomic mass is 10.0. The molecule has 0 aromatic heterocycles. The van der Waals surface area contributed by atoms with Gasteiger partial charge in [0.25, 0.3) is 0 Å². The Balaban J connectivity index is 2.51. The molecule has 9 heteroatoms. The van der Waals surface area contributed by atoms with Crippen molar-refractivity contribution in [3.63, 3.8) is 0 Å². The van der Waals surface area contributed by atoms with Crippen LogP contribution in [0.5, 0.6) is 0 Å². The van der Waals surface area contributed by atoms with Crippen LogP contribution in [0.15, 0.2) is 0 Å². The van der Waals surface area contributed by atoms with Crippen molar-refractivity contribution in [2.75, 3.05) is 13.2 Å². The first-order chi connectivity index (χ1) is 9.38. The first kappa shape index (κ1) is 17.0. The largest absolute Gasteiger partial charge is 0.394 e. The Morgan fingerprint density at radius 2 is 1.85 bits per heavy atom. The molecule has 5 atom stereocenters. The third-order valence-electron chi connectivity index (χ3n) is 3.04. The Hall–Kier alpha value is -1.10. The van der Waals surface area contributed by atoms with E-state index < -0.39 is 49.0 Å². The molecule has 0 aliphatic carbocycles. The highest BCUT2D eigenvalue weighted by molar-refractivity contribution is 5.90. The number of hydrogen-bond acceptors (Lipinski definition) is 9. The predicted molar refractivity (Wildman–Crippen MR) is 63.2 cm³/mol. The number of nitrogens with one attached hydrogen (secondary N) is 1. The topological polar surface area (TPSA) is 157 Å². The molecule has 1 rings (SSSR count). The van der Waals surface area contributed by atoms with Crippen molar-refractivity contribution < 1.29 is 39.9 Å². The summed E-state index contributed by atoms with van der Waals surface area (Å²) < 4.78 is 4.38. The van der Waals surface area contributed by atoms with E-state index in [0.717, 1.165) is 6.42 Å². The van der Waals surface area contributed by atoms with Gasteiger partial charge < -0.3 is 35.6 Å². The van der Waals surface area contributed by atoms with Gasteiger partial charge in [-0.1, -0.05) is 0 Å². The maximum Gasteiger partial charge on any atom is 0.345 e. The van der Waals surface area contributed by atoms with Gasteiger partial charge in [-0.15, -0.1) is 0 Å². The minimum atomic E-state index is -2.21. The predicted octanol–water partition coefficient (Wildman–Crippen LogP) is -3.76. The molecule has 1 heterocycles. The van der Waals surface area contributed by atoms with Gasteiger partial charge in [0.15, 0.2) is 6.10 Å². The fraction of sp³-hybridized carbons (Fsp3) is 0.818. The first-order valence-electron chi connectivity index (χ1n) is 6.20. The standard InChI is InChI=1S/C11H19NO8/c13-4-6(14)7(15)8(16)9(17)11(19)20-10(18)5-2-1-3-12-5/h5-9,12-17H,1-4H2/t5-,6+,7+,8-,9+/m0/s1. The van der Waals surface area contributed by atoms with Gasteiger partial charge in [-0.05, 0) is 19.4 Å². The first-order valence-corrected chi connectivity index (χ1v) is 6.20. The fourth-order valence-corrected chi connectivity index (χ4v) is 1.78. The molecular formula is C11H19NO8. The van der Waals surface area contributed by atoms with E-state index in [2.05, 4.69) is 10.1 Å². The summed E-state index contributed by atoms with van der Waals surface area (Å²) in [7, 11) is 0. The van der Waals surface area contributed by atoms with E-state index in [1.807, 2.05) is 0 Å². The molecule has 6 N–H and O–H groups in total. The number of carbonyl (C=O) groups is 2. The molecule has 116 valence electrons. The summed E-state index contributed by atoms with van der Waals surface area (Å²) >= 11 is 0. The zero-order chi connectivity index (χ0) is 15.3. The third kappa shape index (κ3) is 4.20. The Labute approximate surface area is 114 Å². The van der Waals surface area contributed by atoms with E-state index in [-0.39, 0.29) is 0 Å². The minimum absolute atomic E-state index is 0.497. The number of aliphatic hydroxyl groups is 5. The van der Waals surface area contributed by atoms with Gasteiger partial charge in [0.2, 0.25) is 0 Å². The van der Waals surface area contributed by atoms with E-state index in [0.29, 0.717) is 13.0 Å². The smallest absolute Gasteiger partial charge is 0.345 e. The van der Waals surface area contributed by atoms with Gasteiger partial charge in [-0.3, -0.25) is 0 Å². The number of hydrogen-bond donors (Lipinski definition) is 6. The second-order valence-electron chi connectivity index (χ2n) is 4.57. The van der Waals surface area contributed by atoms with Crippen LogP contribution < -0.4 is 5.32 Å². The highest BCUT2D eigenvalue weighted by atomic mass is 16.6. The third-order valence-corrected chi connectivity index (χ3v) is 3.04. The summed E-state index contributed by atoms with van der Waals surface area (Å²) in [6.45, 7) is -0.258. The van der Waals surface area contributed by atoms with E-state index in [1.165, 1.54) is 0 Å². The second-order valence-corrected chi connectivity index (χ2v) is 4.57. The Bertz CT molecular complexity index is 343. The highest BCUT2D eigenvalue weighted by Gasteiger charge is 2.37. The molecular weight excluding hydrogens is 274 g/mol. The quantitative estimate of drug-likeness (QED) is 0.214. The molecule has 1 saturated heterocycles. The molecule has 0 amide bonds. The summed E-state index contributed by atoms with van der Waals surface area (Å²) in [5.74, 6) is -2.31. The number of esters is 2. The summed E-state index contributed by atoms with van der Waals surface area (Å²) in [4.78, 5) is 22.9. The maximum absolute atomic E-state index is 11.5. The molecule has 0 spiro atoms. The normalized spacial score (nSPS) is 24.8. The van der Waals surface area contributed by atoms with Crippen LogP contribution in [0.2, 0.25) is 0 Å². The molecule has 0 saturated carbocycles. The van der Waals surface area contributed by atoms with E-state index in [4.69, 9.17) is 10.2 Å². The minimum Gasteiger partial charge on any atom is -0.394 e. The Kier molecular flexibility index (Phi) is 6.46. The van der Waals surface area contributed by atoms with E-state index in [9.17, 15) is 24.9 Å². The SMILES string of the molecule is O=C(OC(=O)[C@H](O)[C@@H](O)[C@H](O)[C@H](O)CO)[C@@H]1CCCN1. The lowest BCUT2D eigenvalue weighted by molar-refractivity contribution is -0.177. The van der Waals surface area contributed by atoms with Crippen LogP contribution in [-0.2, 0) is 14.3 Å². The zero-order valence-electron chi connectivity index (χ0n) is 10.7. The second kappa shape index (κ2) is 7.62. The van der Waals surface area contributed by atoms with Crippen molar-refractivity contribution in [2.45, 2.75) is 43.3 Å². The average molecular weight is 293 g/mol. The fourth-order valence-electron chi connectivity index (χ4n) is 1.78. The van der Waals surface area contributed by atoms with Crippen LogP contribution in [0.4, 0.5) is 0 Å². The van der Waals surface area contributed by atoms with Crippen LogP contribution in [0, 0.1) is 0 Å². The van der Waals surface area contributed by atoms with Crippen LogP contribution >= 0.6 is 0 Å². The zero-order valence-corrected chi connectivity index (χ0v) is 10.7. The molecule has 1 aliphatic heterocycles. The molecule has 0 bridgehead atoms. The molecule has 1 aliphatic rings. The van der Waals surface area contributed by atoms with Crippen molar-refractivity contribution in [1.82, 2.24) is 5.32 Å². The Morgan fingerprint density at radius 1 is 1.20 bits per heavy atom. The number of ether oxygens (including phenoxy) is 1. The number of rotatable bonds is 6. The van der Waals surface area contributed by atoms with Crippen molar-refractivity contribution in [2.24, 2.45) is 0 Å². The summed E-state index contributed by atoms with van der Waals surface area (Å²) in [6, 6.07) is -0.642. The molecule has 1 fully saturated rings. The van der Waals surface area contributed by atoms with Gasteiger partial charge in [-0.25, -0.2) is 9.59 Å². The van der Waals surface area contributed by atoms with Crippen LogP contribution in [0.1, 0.15) is 12.8 Å². The molecule has 9 nitrogen and oxygen atoms in total.